The number of nitrogens with zero attached hydrogens (tertiary/aromatic N) is 1. The van der Waals surface area contributed by atoms with Crippen molar-refractivity contribution in [3.8, 4) is 5.75 Å². The molecule has 156 valence electrons. The van der Waals surface area contributed by atoms with Gasteiger partial charge < -0.3 is 15.0 Å². The van der Waals surface area contributed by atoms with Gasteiger partial charge in [0.1, 0.15) is 5.75 Å². The Balaban J connectivity index is 1.18. The highest BCUT2D eigenvalue weighted by molar-refractivity contribution is 5.84. The van der Waals surface area contributed by atoms with Gasteiger partial charge in [0.25, 0.3) is 0 Å². The third-order valence-electron chi connectivity index (χ3n) is 7.33. The number of rotatable bonds is 3. The maximum absolute atomic E-state index is 12.9. The second-order valence-corrected chi connectivity index (χ2v) is 9.10. The van der Waals surface area contributed by atoms with Crippen molar-refractivity contribution < 1.29 is 27.5 Å². The molecule has 4 aliphatic rings. The van der Waals surface area contributed by atoms with Crippen LogP contribution in [-0.4, -0.2) is 41.7 Å². The van der Waals surface area contributed by atoms with Crippen LogP contribution in [-0.2, 0) is 15.0 Å². The molecule has 1 aromatic carbocycles. The molecule has 0 radical (unpaired) electrons. The van der Waals surface area contributed by atoms with E-state index < -0.39 is 6.36 Å². The summed E-state index contributed by atoms with van der Waals surface area (Å²) < 4.78 is 41.0. The highest BCUT2D eigenvalue weighted by Gasteiger charge is 2.59. The number of likely N-dealkylation sites (tertiary alicyclic amines) is 1. The van der Waals surface area contributed by atoms with Gasteiger partial charge in [0.15, 0.2) is 0 Å². The van der Waals surface area contributed by atoms with Crippen molar-refractivity contribution in [3.63, 3.8) is 0 Å². The van der Waals surface area contributed by atoms with Crippen LogP contribution in [0, 0.1) is 11.8 Å². The number of carbonyl (C=O) groups excluding carboxylic acids is 2. The molecule has 0 aromatic heterocycles. The van der Waals surface area contributed by atoms with Crippen LogP contribution in [0.25, 0.3) is 0 Å². The number of carbonyl (C=O) groups is 2. The summed E-state index contributed by atoms with van der Waals surface area (Å²) in [5, 5.41) is 3.03. The quantitative estimate of drug-likeness (QED) is 0.836. The van der Waals surface area contributed by atoms with Gasteiger partial charge in [-0.05, 0) is 55.7 Å². The number of halogens is 3. The van der Waals surface area contributed by atoms with Gasteiger partial charge in [0.05, 0.1) is 0 Å². The van der Waals surface area contributed by atoms with E-state index in [9.17, 15) is 22.8 Å². The summed E-state index contributed by atoms with van der Waals surface area (Å²) in [6.07, 6.45) is -0.0278. The molecule has 1 aromatic rings. The van der Waals surface area contributed by atoms with Crippen LogP contribution in [0.4, 0.5) is 13.2 Å². The number of fused-ring (bicyclic) bond motifs is 1. The monoisotopic (exact) mass is 408 g/mol. The Hall–Kier alpha value is -2.25. The molecule has 5 rings (SSSR count). The summed E-state index contributed by atoms with van der Waals surface area (Å²) in [5.41, 5.74) is 0.866. The normalized spacial score (nSPS) is 35.7. The fourth-order valence-electron chi connectivity index (χ4n) is 5.70. The largest absolute Gasteiger partial charge is 0.573 e. The smallest absolute Gasteiger partial charge is 0.406 e. The van der Waals surface area contributed by atoms with Crippen molar-refractivity contribution in [2.75, 3.05) is 13.1 Å². The second-order valence-electron chi connectivity index (χ2n) is 9.10. The van der Waals surface area contributed by atoms with Crippen molar-refractivity contribution in [1.29, 1.82) is 0 Å². The molecule has 1 spiro atoms. The average molecular weight is 408 g/mol. The number of piperidine rings is 1. The first-order valence-electron chi connectivity index (χ1n) is 10.1. The van der Waals surface area contributed by atoms with E-state index in [1.807, 2.05) is 4.90 Å². The number of benzene rings is 1. The number of ether oxygens (including phenoxy) is 1. The number of hydrogen-bond acceptors (Lipinski definition) is 3. The Morgan fingerprint density at radius 1 is 1.14 bits per heavy atom. The van der Waals surface area contributed by atoms with E-state index in [0.717, 1.165) is 37.7 Å². The molecule has 2 heterocycles. The highest BCUT2D eigenvalue weighted by atomic mass is 19.4. The number of amides is 2. The minimum atomic E-state index is -4.69. The minimum absolute atomic E-state index is 0.00143. The Labute approximate surface area is 166 Å². The lowest BCUT2D eigenvalue weighted by Gasteiger charge is -2.46. The van der Waals surface area contributed by atoms with Crippen molar-refractivity contribution in [2.24, 2.45) is 11.8 Å². The second kappa shape index (κ2) is 6.12. The van der Waals surface area contributed by atoms with Crippen molar-refractivity contribution >= 4 is 11.8 Å². The molecule has 1 N–H and O–H groups in total. The molecule has 2 aliphatic carbocycles. The zero-order chi connectivity index (χ0) is 20.4. The van der Waals surface area contributed by atoms with Crippen LogP contribution in [0.1, 0.15) is 44.1 Å². The molecule has 2 saturated carbocycles. The minimum Gasteiger partial charge on any atom is -0.406 e. The zero-order valence-corrected chi connectivity index (χ0v) is 15.9. The Bertz CT molecular complexity index is 848. The van der Waals surface area contributed by atoms with E-state index in [4.69, 9.17) is 0 Å². The molecule has 2 amide bonds. The summed E-state index contributed by atoms with van der Waals surface area (Å²) in [6, 6.07) is 6.18. The Morgan fingerprint density at radius 3 is 2.45 bits per heavy atom. The van der Waals surface area contributed by atoms with Gasteiger partial charge in [-0.1, -0.05) is 12.1 Å². The van der Waals surface area contributed by atoms with Gasteiger partial charge in [-0.25, -0.2) is 0 Å². The SMILES string of the molecule is O=C1CCC2(CC(C(=O)N3CC[C@@]4(c5ccc(OC(F)(F)F)cc5)C[C@H]4C3)C2)N1. The lowest BCUT2D eigenvalue weighted by Crippen LogP contribution is -2.57. The van der Waals surface area contributed by atoms with Crippen molar-refractivity contribution in [3.05, 3.63) is 29.8 Å². The van der Waals surface area contributed by atoms with Crippen LogP contribution in [0.15, 0.2) is 24.3 Å². The van der Waals surface area contributed by atoms with E-state index in [2.05, 4.69) is 10.1 Å². The molecule has 8 heteroatoms. The fourth-order valence-corrected chi connectivity index (χ4v) is 5.70. The first-order valence-corrected chi connectivity index (χ1v) is 10.1. The Kier molecular flexibility index (Phi) is 3.96. The third-order valence-corrected chi connectivity index (χ3v) is 7.33. The maximum Gasteiger partial charge on any atom is 0.573 e. The summed E-state index contributed by atoms with van der Waals surface area (Å²) >= 11 is 0. The van der Waals surface area contributed by atoms with E-state index in [1.54, 1.807) is 12.1 Å². The maximum atomic E-state index is 12.9. The predicted molar refractivity (Wildman–Crippen MR) is 96.9 cm³/mol. The van der Waals surface area contributed by atoms with E-state index in [-0.39, 0.29) is 34.4 Å². The third kappa shape index (κ3) is 3.26. The van der Waals surface area contributed by atoms with Gasteiger partial charge in [-0.3, -0.25) is 9.59 Å². The standard InChI is InChI=1S/C21H23F3N2O3/c22-21(23,24)29-16-3-1-14(2-4-16)20-7-8-26(12-15(20)11-20)18(28)13-9-19(10-13)6-5-17(27)25-19/h1-4,13,15H,5-12H2,(H,25,27)/t13?,15-,19?,20-/m0/s1. The predicted octanol–water partition coefficient (Wildman–Crippen LogP) is 3.13. The molecule has 5 nitrogen and oxygen atoms in total. The molecule has 29 heavy (non-hydrogen) atoms. The number of nitrogens with one attached hydrogen (secondary N) is 1. The van der Waals surface area contributed by atoms with E-state index >= 15 is 0 Å². The highest BCUT2D eigenvalue weighted by Crippen LogP contribution is 2.59. The zero-order valence-electron chi connectivity index (χ0n) is 15.9. The van der Waals surface area contributed by atoms with Gasteiger partial charge in [-0.15, -0.1) is 13.2 Å². The lowest BCUT2D eigenvalue weighted by atomic mass is 9.67. The van der Waals surface area contributed by atoms with Crippen molar-refractivity contribution in [1.82, 2.24) is 10.2 Å². The number of hydrogen-bond donors (Lipinski definition) is 1. The first-order chi connectivity index (χ1) is 13.7. The van der Waals surface area contributed by atoms with Crippen LogP contribution < -0.4 is 10.1 Å². The van der Waals surface area contributed by atoms with Crippen LogP contribution in [0.2, 0.25) is 0 Å². The molecule has 2 saturated heterocycles. The van der Waals surface area contributed by atoms with Gasteiger partial charge in [0.2, 0.25) is 11.8 Å². The topological polar surface area (TPSA) is 58.6 Å². The molecular weight excluding hydrogens is 385 g/mol. The molecule has 4 fully saturated rings. The van der Waals surface area contributed by atoms with Crippen LogP contribution in [0.3, 0.4) is 0 Å². The van der Waals surface area contributed by atoms with E-state index in [1.165, 1.54) is 12.1 Å². The summed E-state index contributed by atoms with van der Waals surface area (Å²) in [5.74, 6) is 0.420. The number of alkyl halides is 3. The molecule has 0 unspecified atom stereocenters. The summed E-state index contributed by atoms with van der Waals surface area (Å²) in [4.78, 5) is 26.3. The van der Waals surface area contributed by atoms with Gasteiger partial charge in [0, 0.05) is 36.4 Å². The fraction of sp³-hybridized carbons (Fsp3) is 0.619. The molecule has 0 bridgehead atoms. The summed E-state index contributed by atoms with van der Waals surface area (Å²) in [6.45, 7) is 1.38. The molecule has 2 aliphatic heterocycles. The van der Waals surface area contributed by atoms with Crippen LogP contribution in [0.5, 0.6) is 5.75 Å². The molecule has 2 atom stereocenters. The average Bonchev–Trinajstić information content (AvgIpc) is 3.24. The van der Waals surface area contributed by atoms with Crippen LogP contribution >= 0.6 is 0 Å². The van der Waals surface area contributed by atoms with Gasteiger partial charge >= 0.3 is 6.36 Å². The molecular formula is C21H23F3N2O3. The van der Waals surface area contributed by atoms with E-state index in [0.29, 0.717) is 25.4 Å². The van der Waals surface area contributed by atoms with Crippen molar-refractivity contribution in [2.45, 2.75) is 55.8 Å². The lowest BCUT2D eigenvalue weighted by molar-refractivity contribution is -0.274. The first kappa shape index (κ1) is 18.8. The summed E-state index contributed by atoms with van der Waals surface area (Å²) in [7, 11) is 0. The Morgan fingerprint density at radius 2 is 1.86 bits per heavy atom. The van der Waals surface area contributed by atoms with Gasteiger partial charge in [-0.2, -0.15) is 0 Å².